The molecule has 0 saturated carbocycles. The van der Waals surface area contributed by atoms with Crippen LogP contribution >= 0.6 is 0 Å². The zero-order valence-electron chi connectivity index (χ0n) is 12.0. The van der Waals surface area contributed by atoms with E-state index in [1.165, 1.54) is 12.1 Å². The summed E-state index contributed by atoms with van der Waals surface area (Å²) in [6.45, 7) is 0. The van der Waals surface area contributed by atoms with Crippen LogP contribution in [0, 0.1) is 20.2 Å². The van der Waals surface area contributed by atoms with Crippen LogP contribution in [0.5, 0.6) is 5.75 Å². The van der Waals surface area contributed by atoms with E-state index in [4.69, 9.17) is 0 Å². The molecule has 0 radical (unpaired) electrons. The fraction of sp³-hybridized carbons (Fsp3) is 0.143. The van der Waals surface area contributed by atoms with E-state index >= 15 is 0 Å². The summed E-state index contributed by atoms with van der Waals surface area (Å²) in [6.07, 6.45) is 1.94. The minimum Gasteiger partial charge on any atom is -1.00 e. The van der Waals surface area contributed by atoms with Crippen LogP contribution in [-0.2, 0) is 16.6 Å². The quantitative estimate of drug-likeness (QED) is 0.462. The number of rotatable bonds is 5. The molecule has 0 bridgehead atoms. The van der Waals surface area contributed by atoms with Gasteiger partial charge in [0.05, 0.1) is 15.9 Å². The van der Waals surface area contributed by atoms with Gasteiger partial charge in [-0.05, 0) is 24.3 Å². The Hall–Kier alpha value is -2.32. The van der Waals surface area contributed by atoms with Gasteiger partial charge in [0.15, 0.2) is 4.90 Å². The average Bonchev–Trinajstić information content (AvgIpc) is 2.47. The molecular weight excluding hydrogens is 344 g/mol. The topological polar surface area (TPSA) is 107 Å². The van der Waals surface area contributed by atoms with Crippen LogP contribution in [0.3, 0.4) is 0 Å². The van der Waals surface area contributed by atoms with Crippen molar-refractivity contribution >= 4 is 22.3 Å². The smallest absolute Gasteiger partial charge is 0.276 e. The second-order valence-corrected chi connectivity index (χ2v) is 6.68. The third kappa shape index (κ3) is 4.83. The molecule has 0 heterocycles. The van der Waals surface area contributed by atoms with Crippen LogP contribution in [0.4, 0.5) is 11.4 Å². The van der Waals surface area contributed by atoms with Crippen LogP contribution in [0.15, 0.2) is 47.4 Å². The molecule has 9 heteroatoms. The van der Waals surface area contributed by atoms with Gasteiger partial charge in [0, 0.05) is 28.6 Å². The molecule has 2 rings (SSSR count). The van der Waals surface area contributed by atoms with Gasteiger partial charge in [-0.1, -0.05) is 0 Å². The first-order chi connectivity index (χ1) is 10.4. The number of phenolic OH excluding ortho intramolecular Hbond substituents is 1. The molecule has 23 heavy (non-hydrogen) atoms. The zero-order valence-corrected chi connectivity index (χ0v) is 13.6. The van der Waals surface area contributed by atoms with Crippen molar-refractivity contribution in [1.29, 1.82) is 0 Å². The summed E-state index contributed by atoms with van der Waals surface area (Å²) in [7, 11) is -0.292. The van der Waals surface area contributed by atoms with Gasteiger partial charge in [-0.2, -0.15) is 0 Å². The first kappa shape index (κ1) is 18.7. The van der Waals surface area contributed by atoms with Crippen molar-refractivity contribution in [2.75, 3.05) is 6.26 Å². The molecule has 1 N–H and O–H groups in total. The number of benzene rings is 2. The second-order valence-electron chi connectivity index (χ2n) is 4.65. The van der Waals surface area contributed by atoms with Crippen LogP contribution in [0.2, 0.25) is 0 Å². The molecule has 0 aliphatic heterocycles. The molecule has 2 aromatic rings. The number of nitrogens with zero attached hydrogens (tertiary/aromatic N) is 2. The van der Waals surface area contributed by atoms with E-state index in [1.54, 1.807) is 24.3 Å². The Labute approximate surface area is 141 Å². The van der Waals surface area contributed by atoms with Gasteiger partial charge < -0.3 is 17.5 Å². The van der Waals surface area contributed by atoms with Gasteiger partial charge in [-0.25, -0.2) is 0 Å². The number of nitro benzene ring substituents is 2. The van der Waals surface area contributed by atoms with Gasteiger partial charge in [0.2, 0.25) is 0 Å². The molecule has 1 unspecified atom stereocenters. The lowest BCUT2D eigenvalue weighted by molar-refractivity contribution is -0.394. The summed E-state index contributed by atoms with van der Waals surface area (Å²) >= 11 is 0. The van der Waals surface area contributed by atoms with Crippen molar-refractivity contribution in [1.82, 2.24) is 0 Å². The predicted molar refractivity (Wildman–Crippen MR) is 83.1 cm³/mol. The number of hydrogen-bond donors (Lipinski definition) is 1. The molecule has 122 valence electrons. The number of aromatic hydroxyl groups is 1. The molecule has 0 fully saturated rings. The van der Waals surface area contributed by atoms with E-state index in [2.05, 4.69) is 0 Å². The maximum absolute atomic E-state index is 10.9. The van der Waals surface area contributed by atoms with Crippen molar-refractivity contribution in [2.45, 2.75) is 10.6 Å². The van der Waals surface area contributed by atoms with Crippen LogP contribution in [0.25, 0.3) is 0 Å². The maximum Gasteiger partial charge on any atom is 0.276 e. The lowest BCUT2D eigenvalue weighted by Gasteiger charge is -2.04. The van der Waals surface area contributed by atoms with Crippen LogP contribution in [-0.4, -0.2) is 21.2 Å². The van der Waals surface area contributed by atoms with E-state index in [0.29, 0.717) is 11.3 Å². The average molecular weight is 357 g/mol. The van der Waals surface area contributed by atoms with E-state index < -0.39 is 9.85 Å². The highest BCUT2D eigenvalue weighted by Crippen LogP contribution is 2.26. The Morgan fingerprint density at radius 3 is 1.91 bits per heavy atom. The molecule has 7 nitrogen and oxygen atoms in total. The van der Waals surface area contributed by atoms with Crippen molar-refractivity contribution in [3.8, 4) is 5.75 Å². The standard InChI is InChI=1S/C14H12N2O5S.ClH/c1-22(14-4-2-13(17)3-5-14)9-10-6-11(15(18)19)8-12(7-10)16(20)21;/h2-8H,9H2,1H3;1H. The lowest BCUT2D eigenvalue weighted by atomic mass is 10.2. The number of non-ortho nitro benzene ring substituents is 2. The summed E-state index contributed by atoms with van der Waals surface area (Å²) in [5, 5.41) is 31.0. The van der Waals surface area contributed by atoms with Crippen LogP contribution in [0.1, 0.15) is 5.56 Å². The summed E-state index contributed by atoms with van der Waals surface area (Å²) in [5.41, 5.74) is -0.0291. The van der Waals surface area contributed by atoms with Gasteiger partial charge in [0.25, 0.3) is 11.4 Å². The third-order valence-electron chi connectivity index (χ3n) is 3.01. The minimum absolute atomic E-state index is 0. The molecule has 1 atom stereocenters. The maximum atomic E-state index is 10.9. The number of phenols is 1. The summed E-state index contributed by atoms with van der Waals surface area (Å²) in [4.78, 5) is 21.5. The van der Waals surface area contributed by atoms with E-state index in [1.807, 2.05) is 6.26 Å². The van der Waals surface area contributed by atoms with Crippen molar-refractivity contribution < 1.29 is 27.4 Å². The van der Waals surface area contributed by atoms with E-state index in [0.717, 1.165) is 11.0 Å². The number of halogens is 1. The van der Waals surface area contributed by atoms with Gasteiger partial charge in [-0.3, -0.25) is 20.2 Å². The number of hydrogen-bond acceptors (Lipinski definition) is 5. The molecular formula is C14H13ClN2O5S. The molecule has 0 aromatic heterocycles. The Morgan fingerprint density at radius 2 is 1.48 bits per heavy atom. The van der Waals surface area contributed by atoms with Gasteiger partial charge in [-0.15, -0.1) is 0 Å². The van der Waals surface area contributed by atoms with Gasteiger partial charge in [0.1, 0.15) is 17.8 Å². The second kappa shape index (κ2) is 7.80. The van der Waals surface area contributed by atoms with Crippen molar-refractivity contribution in [2.24, 2.45) is 0 Å². The fourth-order valence-electron chi connectivity index (χ4n) is 1.96. The van der Waals surface area contributed by atoms with Crippen molar-refractivity contribution in [3.05, 3.63) is 68.3 Å². The Morgan fingerprint density at radius 1 is 1.00 bits per heavy atom. The largest absolute Gasteiger partial charge is 1.00 e. The highest BCUT2D eigenvalue weighted by atomic mass is 35.5. The van der Waals surface area contributed by atoms with E-state index in [9.17, 15) is 25.3 Å². The van der Waals surface area contributed by atoms with Gasteiger partial charge >= 0.3 is 0 Å². The first-order valence-corrected chi connectivity index (χ1v) is 8.01. The lowest BCUT2D eigenvalue weighted by Crippen LogP contribution is -3.00. The molecule has 0 saturated heterocycles. The minimum atomic E-state index is -0.634. The number of nitro groups is 2. The molecule has 0 amide bonds. The molecule has 0 aliphatic carbocycles. The molecule has 2 aromatic carbocycles. The third-order valence-corrected chi connectivity index (χ3v) is 4.85. The summed E-state index contributed by atoms with van der Waals surface area (Å²) in [6, 6.07) is 10.3. The van der Waals surface area contributed by atoms with Crippen molar-refractivity contribution in [3.63, 3.8) is 0 Å². The summed E-state index contributed by atoms with van der Waals surface area (Å²) in [5.74, 6) is 0.611. The monoisotopic (exact) mass is 356 g/mol. The molecule has 0 spiro atoms. The Kier molecular flexibility index (Phi) is 6.35. The normalized spacial score (nSPS) is 11.3. The van der Waals surface area contributed by atoms with E-state index in [-0.39, 0.29) is 40.4 Å². The SMILES string of the molecule is C[S+](Cc1cc([N+](=O)[O-])cc([N+](=O)[O-])c1)c1ccc(O)cc1.[Cl-]. The summed E-state index contributed by atoms with van der Waals surface area (Å²) < 4.78 is 0. The fourth-order valence-corrected chi connectivity index (χ4v) is 3.40. The molecule has 0 aliphatic rings. The predicted octanol–water partition coefficient (Wildman–Crippen LogP) is 0.0198. The Bertz CT molecular complexity index is 691. The van der Waals surface area contributed by atoms with Crippen LogP contribution < -0.4 is 12.4 Å². The Balaban J connectivity index is 0.00000264. The zero-order chi connectivity index (χ0) is 16.3. The highest BCUT2D eigenvalue weighted by Gasteiger charge is 2.22. The highest BCUT2D eigenvalue weighted by molar-refractivity contribution is 7.95. The first-order valence-electron chi connectivity index (χ1n) is 6.21.